The van der Waals surface area contributed by atoms with Crippen LogP contribution in [0.4, 0.5) is 0 Å². The number of nitrogens with one attached hydrogen (secondary N) is 1. The van der Waals surface area contributed by atoms with Crippen molar-refractivity contribution in [1.82, 2.24) is 4.72 Å². The fraction of sp³-hybridized carbons (Fsp3) is 0.273. The lowest BCUT2D eigenvalue weighted by Gasteiger charge is -2.09. The number of carbonyl (C=O) groups is 2. The Morgan fingerprint density at radius 1 is 1.28 bits per heavy atom. The highest BCUT2D eigenvalue weighted by Crippen LogP contribution is 2.02. The van der Waals surface area contributed by atoms with Crippen LogP contribution in [-0.4, -0.2) is 37.1 Å². The molecule has 1 rings (SSSR count). The first-order valence-electron chi connectivity index (χ1n) is 5.13. The van der Waals surface area contributed by atoms with Crippen LogP contribution in [-0.2, 0) is 14.8 Å². The van der Waals surface area contributed by atoms with E-state index in [1.807, 2.05) is 4.72 Å². The number of hydrogen-bond donors (Lipinski definition) is 2. The molecule has 0 bridgehead atoms. The molecule has 1 aromatic carbocycles. The highest BCUT2D eigenvalue weighted by molar-refractivity contribution is 7.90. The monoisotopic (exact) mass is 271 g/mol. The first-order chi connectivity index (χ1) is 8.32. The van der Waals surface area contributed by atoms with Gasteiger partial charge >= 0.3 is 5.97 Å². The average molecular weight is 271 g/mol. The molecule has 0 fully saturated rings. The molecule has 98 valence electrons. The third-order valence-electron chi connectivity index (χ3n) is 2.14. The van der Waals surface area contributed by atoms with Crippen molar-refractivity contribution in [2.75, 3.05) is 5.75 Å². The van der Waals surface area contributed by atoms with E-state index in [0.717, 1.165) is 0 Å². The molecule has 18 heavy (non-hydrogen) atoms. The smallest absolute Gasteiger partial charge is 0.321 e. The van der Waals surface area contributed by atoms with E-state index in [1.165, 1.54) is 19.1 Å². The van der Waals surface area contributed by atoms with Gasteiger partial charge in [0.1, 0.15) is 11.8 Å². The van der Waals surface area contributed by atoms with Crippen LogP contribution in [0.3, 0.4) is 0 Å². The minimum Gasteiger partial charge on any atom is -0.480 e. The van der Waals surface area contributed by atoms with Crippen LogP contribution in [0.5, 0.6) is 0 Å². The van der Waals surface area contributed by atoms with Crippen LogP contribution in [0, 0.1) is 0 Å². The van der Waals surface area contributed by atoms with Gasteiger partial charge in [-0.25, -0.2) is 13.1 Å². The normalized spacial score (nSPS) is 12.9. The summed E-state index contributed by atoms with van der Waals surface area (Å²) in [6, 6.07) is 6.67. The molecular weight excluding hydrogens is 258 g/mol. The third-order valence-corrected chi connectivity index (χ3v) is 3.50. The van der Waals surface area contributed by atoms with E-state index in [-0.39, 0.29) is 5.56 Å². The maximum absolute atomic E-state index is 11.6. The van der Waals surface area contributed by atoms with Gasteiger partial charge < -0.3 is 5.11 Å². The fourth-order valence-electron chi connectivity index (χ4n) is 1.24. The second kappa shape index (κ2) is 5.74. The van der Waals surface area contributed by atoms with Gasteiger partial charge in [0.25, 0.3) is 0 Å². The second-order valence-electron chi connectivity index (χ2n) is 3.73. The topological polar surface area (TPSA) is 101 Å². The van der Waals surface area contributed by atoms with Crippen molar-refractivity contribution in [2.24, 2.45) is 0 Å². The summed E-state index contributed by atoms with van der Waals surface area (Å²) in [5, 5.41) is 8.58. The van der Waals surface area contributed by atoms with Crippen molar-refractivity contribution in [3.05, 3.63) is 35.9 Å². The number of sulfonamides is 1. The van der Waals surface area contributed by atoms with E-state index in [0.29, 0.717) is 0 Å². The number of carboxylic acids is 1. The van der Waals surface area contributed by atoms with Crippen LogP contribution >= 0.6 is 0 Å². The second-order valence-corrected chi connectivity index (χ2v) is 5.48. The molecule has 2 N–H and O–H groups in total. The van der Waals surface area contributed by atoms with Gasteiger partial charge in [-0.2, -0.15) is 0 Å². The fourth-order valence-corrected chi connectivity index (χ4v) is 2.48. The largest absolute Gasteiger partial charge is 0.480 e. The lowest BCUT2D eigenvalue weighted by atomic mass is 10.2. The lowest BCUT2D eigenvalue weighted by Crippen LogP contribution is -2.41. The van der Waals surface area contributed by atoms with Gasteiger partial charge in [0.15, 0.2) is 5.78 Å². The summed E-state index contributed by atoms with van der Waals surface area (Å²) in [7, 11) is -3.95. The summed E-state index contributed by atoms with van der Waals surface area (Å²) < 4.78 is 25.0. The molecule has 0 radical (unpaired) electrons. The molecule has 0 amide bonds. The standard InChI is InChI=1S/C11H13NO5S/c1-8(11(14)15)12-18(16,17)7-10(13)9-5-3-2-4-6-9/h2-6,8,12H,7H2,1H3,(H,14,15)/t8-/m0/s1. The molecule has 1 atom stereocenters. The number of hydrogen-bond acceptors (Lipinski definition) is 4. The Hall–Kier alpha value is -1.73. The Balaban J connectivity index is 2.73. The molecule has 0 heterocycles. The van der Waals surface area contributed by atoms with E-state index < -0.39 is 33.6 Å². The first kappa shape index (κ1) is 14.3. The molecule has 0 aromatic heterocycles. The van der Waals surface area contributed by atoms with Gasteiger partial charge in [-0.1, -0.05) is 30.3 Å². The Morgan fingerprint density at radius 2 is 1.83 bits per heavy atom. The molecule has 0 aliphatic carbocycles. The van der Waals surface area contributed by atoms with Gasteiger partial charge in [0, 0.05) is 5.56 Å². The minimum atomic E-state index is -3.95. The quantitative estimate of drug-likeness (QED) is 0.723. The number of aliphatic carboxylic acids is 1. The van der Waals surface area contributed by atoms with Gasteiger partial charge in [0.05, 0.1) is 0 Å². The van der Waals surface area contributed by atoms with E-state index in [4.69, 9.17) is 5.11 Å². The zero-order chi connectivity index (χ0) is 13.8. The van der Waals surface area contributed by atoms with Crippen LogP contribution < -0.4 is 4.72 Å². The van der Waals surface area contributed by atoms with Gasteiger partial charge in [-0.15, -0.1) is 0 Å². The van der Waals surface area contributed by atoms with Crippen LogP contribution in [0.15, 0.2) is 30.3 Å². The van der Waals surface area contributed by atoms with Crippen molar-refractivity contribution in [3.63, 3.8) is 0 Å². The predicted molar refractivity (Wildman–Crippen MR) is 64.8 cm³/mol. The summed E-state index contributed by atoms with van der Waals surface area (Å²) in [5.41, 5.74) is 0.269. The highest BCUT2D eigenvalue weighted by atomic mass is 32.2. The van der Waals surface area contributed by atoms with Gasteiger partial charge in [0.2, 0.25) is 10.0 Å². The maximum atomic E-state index is 11.6. The zero-order valence-electron chi connectivity index (χ0n) is 9.66. The summed E-state index contributed by atoms with van der Waals surface area (Å²) in [4.78, 5) is 22.2. The van der Waals surface area contributed by atoms with E-state index in [9.17, 15) is 18.0 Å². The molecule has 0 aliphatic heterocycles. The van der Waals surface area contributed by atoms with Crippen molar-refractivity contribution in [1.29, 1.82) is 0 Å². The molecule has 0 aliphatic rings. The highest BCUT2D eigenvalue weighted by Gasteiger charge is 2.22. The van der Waals surface area contributed by atoms with Crippen molar-refractivity contribution in [3.8, 4) is 0 Å². The summed E-state index contributed by atoms with van der Waals surface area (Å²) >= 11 is 0. The Bertz CT molecular complexity index is 538. The molecule has 1 aromatic rings. The number of ketones is 1. The molecule has 0 saturated heterocycles. The van der Waals surface area contributed by atoms with E-state index in [2.05, 4.69) is 0 Å². The van der Waals surface area contributed by atoms with Crippen molar-refractivity contribution < 1.29 is 23.1 Å². The number of benzene rings is 1. The van der Waals surface area contributed by atoms with Crippen LogP contribution in [0.2, 0.25) is 0 Å². The minimum absolute atomic E-state index is 0.269. The molecule has 0 unspecified atom stereocenters. The third kappa shape index (κ3) is 4.27. The Kier molecular flexibility index (Phi) is 4.57. The molecule has 7 heteroatoms. The number of carboxylic acid groups (broad SMARTS) is 1. The summed E-state index contributed by atoms with van der Waals surface area (Å²) in [5.74, 6) is -2.65. The first-order valence-corrected chi connectivity index (χ1v) is 6.78. The zero-order valence-corrected chi connectivity index (χ0v) is 10.5. The summed E-state index contributed by atoms with van der Waals surface area (Å²) in [6.07, 6.45) is 0. The van der Waals surface area contributed by atoms with E-state index in [1.54, 1.807) is 18.2 Å². The lowest BCUT2D eigenvalue weighted by molar-refractivity contribution is -0.138. The Morgan fingerprint density at radius 3 is 2.33 bits per heavy atom. The number of rotatable bonds is 6. The maximum Gasteiger partial charge on any atom is 0.321 e. The molecule has 0 spiro atoms. The number of carbonyl (C=O) groups excluding carboxylic acids is 1. The van der Waals surface area contributed by atoms with E-state index >= 15 is 0 Å². The average Bonchev–Trinajstić information content (AvgIpc) is 2.28. The van der Waals surface area contributed by atoms with Crippen LogP contribution in [0.1, 0.15) is 17.3 Å². The molecule has 0 saturated carbocycles. The van der Waals surface area contributed by atoms with Gasteiger partial charge in [-0.3, -0.25) is 9.59 Å². The van der Waals surface area contributed by atoms with Gasteiger partial charge in [-0.05, 0) is 6.92 Å². The predicted octanol–water partition coefficient (Wildman–Crippen LogP) is 0.262. The Labute approximate surface area is 105 Å². The van der Waals surface area contributed by atoms with Crippen molar-refractivity contribution in [2.45, 2.75) is 13.0 Å². The van der Waals surface area contributed by atoms with Crippen LogP contribution in [0.25, 0.3) is 0 Å². The molecule has 6 nitrogen and oxygen atoms in total. The van der Waals surface area contributed by atoms with Crippen molar-refractivity contribution >= 4 is 21.8 Å². The number of Topliss-reactive ketones (excluding diaryl/α,β-unsaturated/α-hetero) is 1. The molecular formula is C11H13NO5S. The SMILES string of the molecule is C[C@H](NS(=O)(=O)CC(=O)c1ccccc1)C(=O)O. The summed E-state index contributed by atoms with van der Waals surface area (Å²) in [6.45, 7) is 1.19.